The van der Waals surface area contributed by atoms with Crippen molar-refractivity contribution >= 4 is 11.6 Å². The average molecular weight is 254 g/mol. The fourth-order valence-electron chi connectivity index (χ4n) is 3.11. The van der Waals surface area contributed by atoms with Gasteiger partial charge in [-0.3, -0.25) is 0 Å². The Balaban J connectivity index is 2.03. The summed E-state index contributed by atoms with van der Waals surface area (Å²) in [7, 11) is 0. The van der Waals surface area contributed by atoms with Gasteiger partial charge in [0, 0.05) is 5.03 Å². The molecule has 17 heavy (non-hydrogen) atoms. The third kappa shape index (κ3) is 2.75. The van der Waals surface area contributed by atoms with Crippen molar-refractivity contribution in [3.8, 4) is 0 Å². The Bertz CT molecular complexity index is 353. The largest absolute Gasteiger partial charge is 0.404 e. The van der Waals surface area contributed by atoms with Crippen LogP contribution in [0.4, 0.5) is 0 Å². The van der Waals surface area contributed by atoms with Crippen LogP contribution in [0.2, 0.25) is 0 Å². The van der Waals surface area contributed by atoms with Gasteiger partial charge >= 0.3 is 0 Å². The van der Waals surface area contributed by atoms with Crippen LogP contribution >= 0.6 is 11.6 Å². The highest BCUT2D eigenvalue weighted by Gasteiger charge is 2.42. The third-order valence-corrected chi connectivity index (χ3v) is 4.33. The van der Waals surface area contributed by atoms with E-state index in [1.54, 1.807) is 12.3 Å². The van der Waals surface area contributed by atoms with E-state index in [9.17, 15) is 5.11 Å². The van der Waals surface area contributed by atoms with Crippen LogP contribution in [0.1, 0.15) is 25.7 Å². The van der Waals surface area contributed by atoms with Crippen molar-refractivity contribution in [1.82, 2.24) is 0 Å². The van der Waals surface area contributed by atoms with Gasteiger partial charge in [-0.2, -0.15) is 0 Å². The molecule has 2 aliphatic carbocycles. The van der Waals surface area contributed by atoms with Crippen molar-refractivity contribution in [1.29, 1.82) is 0 Å². The standard InChI is InChI=1S/C14H20ClNO/c1-9(15)2-3-11(8-16)12-6-10-4-5-13(10)14(17)7-12/h2-3,8,10,12-14,17H,1,4-7,16H2/b3-2-,11-8+/t10?,12-,13?,14?/m0/s1. The molecule has 2 aliphatic rings. The number of aliphatic hydroxyl groups excluding tert-OH is 1. The molecule has 4 atom stereocenters. The van der Waals surface area contributed by atoms with Crippen molar-refractivity contribution in [2.75, 3.05) is 0 Å². The number of fused-ring (bicyclic) bond motifs is 1. The van der Waals surface area contributed by atoms with E-state index in [0.29, 0.717) is 22.8 Å². The highest BCUT2D eigenvalue weighted by molar-refractivity contribution is 6.30. The quantitative estimate of drug-likeness (QED) is 0.760. The minimum Gasteiger partial charge on any atom is -0.404 e. The molecule has 0 heterocycles. The Morgan fingerprint density at radius 1 is 1.29 bits per heavy atom. The van der Waals surface area contributed by atoms with Crippen molar-refractivity contribution in [2.24, 2.45) is 23.5 Å². The van der Waals surface area contributed by atoms with E-state index in [1.807, 2.05) is 6.08 Å². The predicted molar refractivity (Wildman–Crippen MR) is 71.3 cm³/mol. The summed E-state index contributed by atoms with van der Waals surface area (Å²) in [6.07, 6.45) is 9.57. The van der Waals surface area contributed by atoms with E-state index in [2.05, 4.69) is 6.58 Å². The minimum atomic E-state index is -0.157. The Morgan fingerprint density at radius 3 is 2.53 bits per heavy atom. The average Bonchev–Trinajstić information content (AvgIpc) is 2.22. The molecule has 0 spiro atoms. The number of hydrogen-bond acceptors (Lipinski definition) is 2. The highest BCUT2D eigenvalue weighted by Crippen LogP contribution is 2.48. The Morgan fingerprint density at radius 2 is 2.06 bits per heavy atom. The second-order valence-electron chi connectivity index (χ2n) is 5.18. The summed E-state index contributed by atoms with van der Waals surface area (Å²) < 4.78 is 0. The van der Waals surface area contributed by atoms with Gasteiger partial charge in [0.2, 0.25) is 0 Å². The molecule has 3 heteroatoms. The first-order valence-electron chi connectivity index (χ1n) is 6.24. The molecule has 2 fully saturated rings. The van der Waals surface area contributed by atoms with E-state index >= 15 is 0 Å². The van der Waals surface area contributed by atoms with Crippen LogP contribution in [-0.2, 0) is 0 Å². The maximum atomic E-state index is 10.1. The smallest absolute Gasteiger partial charge is 0.0576 e. The molecule has 0 bridgehead atoms. The topological polar surface area (TPSA) is 46.2 Å². The predicted octanol–water partition coefficient (Wildman–Crippen LogP) is 2.93. The minimum absolute atomic E-state index is 0.157. The number of aliphatic hydroxyl groups is 1. The number of halogens is 1. The normalized spacial score (nSPS) is 37.6. The van der Waals surface area contributed by atoms with E-state index in [4.69, 9.17) is 17.3 Å². The molecule has 0 amide bonds. The lowest BCUT2D eigenvalue weighted by Gasteiger charge is -2.47. The highest BCUT2D eigenvalue weighted by atomic mass is 35.5. The number of nitrogens with two attached hydrogens (primary N) is 1. The van der Waals surface area contributed by atoms with Crippen LogP contribution in [0.25, 0.3) is 0 Å². The van der Waals surface area contributed by atoms with Crippen LogP contribution in [0.5, 0.6) is 0 Å². The van der Waals surface area contributed by atoms with Crippen LogP contribution in [0.3, 0.4) is 0 Å². The van der Waals surface area contributed by atoms with Gasteiger partial charge in [-0.05, 0) is 61.3 Å². The molecular formula is C14H20ClNO. The molecule has 0 aromatic carbocycles. The van der Waals surface area contributed by atoms with Crippen molar-refractivity contribution in [2.45, 2.75) is 31.8 Å². The summed E-state index contributed by atoms with van der Waals surface area (Å²) in [5.74, 6) is 1.59. The zero-order valence-corrected chi connectivity index (χ0v) is 10.7. The molecule has 0 aliphatic heterocycles. The van der Waals surface area contributed by atoms with Crippen LogP contribution in [-0.4, -0.2) is 11.2 Å². The molecule has 2 nitrogen and oxygen atoms in total. The molecule has 2 rings (SSSR count). The van der Waals surface area contributed by atoms with Gasteiger partial charge in [0.15, 0.2) is 0 Å². The number of allylic oxidation sites excluding steroid dienone is 4. The summed E-state index contributed by atoms with van der Waals surface area (Å²) in [5, 5.41) is 10.6. The first kappa shape index (κ1) is 12.7. The van der Waals surface area contributed by atoms with Crippen LogP contribution in [0.15, 0.2) is 35.5 Å². The van der Waals surface area contributed by atoms with Crippen molar-refractivity contribution < 1.29 is 5.11 Å². The van der Waals surface area contributed by atoms with E-state index in [-0.39, 0.29) is 6.10 Å². The molecule has 0 aromatic heterocycles. The zero-order valence-electron chi connectivity index (χ0n) is 9.98. The Kier molecular flexibility index (Phi) is 3.95. The molecule has 0 aromatic rings. The van der Waals surface area contributed by atoms with E-state index in [0.717, 1.165) is 18.4 Å². The summed E-state index contributed by atoms with van der Waals surface area (Å²) in [4.78, 5) is 0. The molecule has 3 unspecified atom stereocenters. The maximum absolute atomic E-state index is 10.1. The van der Waals surface area contributed by atoms with Crippen molar-refractivity contribution in [3.05, 3.63) is 35.5 Å². The number of hydrogen-bond donors (Lipinski definition) is 2. The van der Waals surface area contributed by atoms with Crippen molar-refractivity contribution in [3.63, 3.8) is 0 Å². The van der Waals surface area contributed by atoms with Gasteiger partial charge in [0.1, 0.15) is 0 Å². The fourth-order valence-corrected chi connectivity index (χ4v) is 3.17. The molecule has 3 N–H and O–H groups in total. The summed E-state index contributed by atoms with van der Waals surface area (Å²) >= 11 is 5.71. The Labute approximate surface area is 108 Å². The van der Waals surface area contributed by atoms with Gasteiger partial charge in [0.25, 0.3) is 0 Å². The number of rotatable bonds is 3. The van der Waals surface area contributed by atoms with Crippen LogP contribution < -0.4 is 5.73 Å². The lowest BCUT2D eigenvalue weighted by Crippen LogP contribution is -2.43. The molecule has 94 valence electrons. The second kappa shape index (κ2) is 5.28. The lowest BCUT2D eigenvalue weighted by molar-refractivity contribution is -0.0395. The lowest BCUT2D eigenvalue weighted by atomic mass is 9.60. The summed E-state index contributed by atoms with van der Waals surface area (Å²) in [6.45, 7) is 3.62. The van der Waals surface area contributed by atoms with E-state index in [1.165, 1.54) is 12.8 Å². The molecular weight excluding hydrogens is 234 g/mol. The first-order chi connectivity index (χ1) is 8.11. The second-order valence-corrected chi connectivity index (χ2v) is 5.67. The summed E-state index contributed by atoms with van der Waals surface area (Å²) in [5.41, 5.74) is 6.73. The van der Waals surface area contributed by atoms with Gasteiger partial charge in [-0.25, -0.2) is 0 Å². The molecule has 2 saturated carbocycles. The monoisotopic (exact) mass is 253 g/mol. The van der Waals surface area contributed by atoms with Gasteiger partial charge < -0.3 is 10.8 Å². The first-order valence-corrected chi connectivity index (χ1v) is 6.62. The van der Waals surface area contributed by atoms with Gasteiger partial charge in [0.05, 0.1) is 6.10 Å². The van der Waals surface area contributed by atoms with Crippen LogP contribution in [0, 0.1) is 17.8 Å². The fraction of sp³-hybridized carbons (Fsp3) is 0.571. The molecule has 0 radical (unpaired) electrons. The zero-order chi connectivity index (χ0) is 12.4. The maximum Gasteiger partial charge on any atom is 0.0576 e. The van der Waals surface area contributed by atoms with Gasteiger partial charge in [-0.1, -0.05) is 24.3 Å². The SMILES string of the molecule is C=C(Cl)/C=C\C(=C/N)[C@@H]1CC(O)C2CCC2C1. The molecule has 0 saturated heterocycles. The van der Waals surface area contributed by atoms with E-state index < -0.39 is 0 Å². The third-order valence-electron chi connectivity index (χ3n) is 4.20. The Hall–Kier alpha value is -0.730. The van der Waals surface area contributed by atoms with Gasteiger partial charge in [-0.15, -0.1) is 0 Å². The summed E-state index contributed by atoms with van der Waals surface area (Å²) in [6, 6.07) is 0.